The number of rotatable bonds is 4. The van der Waals surface area contributed by atoms with Crippen LogP contribution in [-0.4, -0.2) is 35.5 Å². The maximum absolute atomic E-state index is 12.4. The van der Waals surface area contributed by atoms with Crippen molar-refractivity contribution in [1.29, 1.82) is 0 Å². The van der Waals surface area contributed by atoms with E-state index in [1.54, 1.807) is 32.9 Å². The summed E-state index contributed by atoms with van der Waals surface area (Å²) in [4.78, 5) is 37.5. The number of urea groups is 1. The molecule has 20 heavy (non-hydrogen) atoms. The molecule has 2 heterocycles. The van der Waals surface area contributed by atoms with Crippen molar-refractivity contribution >= 4 is 29.2 Å². The second-order valence-corrected chi connectivity index (χ2v) is 5.91. The largest absolute Gasteiger partial charge is 0.462 e. The van der Waals surface area contributed by atoms with Gasteiger partial charge in [-0.3, -0.25) is 14.5 Å². The number of imide groups is 1. The maximum atomic E-state index is 12.4. The van der Waals surface area contributed by atoms with Gasteiger partial charge in [0.1, 0.15) is 6.54 Å². The van der Waals surface area contributed by atoms with Gasteiger partial charge in [-0.2, -0.15) is 0 Å². The molecule has 108 valence electrons. The Morgan fingerprint density at radius 1 is 1.50 bits per heavy atom. The quantitative estimate of drug-likeness (QED) is 0.674. The molecule has 1 fully saturated rings. The van der Waals surface area contributed by atoms with Gasteiger partial charge >= 0.3 is 12.0 Å². The normalized spacial score (nSPS) is 22.3. The number of hydrogen-bond acceptors (Lipinski definition) is 5. The minimum Gasteiger partial charge on any atom is -0.462 e. The van der Waals surface area contributed by atoms with Crippen molar-refractivity contribution in [3.63, 3.8) is 0 Å². The van der Waals surface area contributed by atoms with Gasteiger partial charge < -0.3 is 10.1 Å². The van der Waals surface area contributed by atoms with Crippen molar-refractivity contribution < 1.29 is 19.1 Å². The van der Waals surface area contributed by atoms with E-state index in [0.717, 1.165) is 9.78 Å². The van der Waals surface area contributed by atoms with Crippen LogP contribution in [0.1, 0.15) is 25.6 Å². The zero-order chi connectivity index (χ0) is 14.9. The van der Waals surface area contributed by atoms with Crippen LogP contribution in [0.3, 0.4) is 0 Å². The van der Waals surface area contributed by atoms with Crippen molar-refractivity contribution in [2.24, 2.45) is 0 Å². The summed E-state index contributed by atoms with van der Waals surface area (Å²) in [6, 6.07) is 3.01. The molecule has 1 atom stereocenters. The Morgan fingerprint density at radius 2 is 2.20 bits per heavy atom. The number of carbonyl (C=O) groups excluding carboxylic acids is 3. The molecule has 2 rings (SSSR count). The summed E-state index contributed by atoms with van der Waals surface area (Å²) in [5, 5.41) is 4.46. The topological polar surface area (TPSA) is 75.7 Å². The average Bonchev–Trinajstić information content (AvgIpc) is 2.93. The Kier molecular flexibility index (Phi) is 3.80. The number of esters is 1. The fourth-order valence-corrected chi connectivity index (χ4v) is 2.83. The first-order chi connectivity index (χ1) is 9.34. The molecule has 0 aliphatic carbocycles. The molecule has 7 heteroatoms. The Labute approximate surface area is 120 Å². The molecule has 6 nitrogen and oxygen atoms in total. The van der Waals surface area contributed by atoms with E-state index in [-0.39, 0.29) is 12.6 Å². The van der Waals surface area contributed by atoms with Crippen molar-refractivity contribution in [1.82, 2.24) is 10.2 Å². The van der Waals surface area contributed by atoms with E-state index in [1.807, 2.05) is 5.38 Å². The van der Waals surface area contributed by atoms with E-state index in [2.05, 4.69) is 5.32 Å². The molecule has 1 saturated heterocycles. The second kappa shape index (κ2) is 5.24. The van der Waals surface area contributed by atoms with Crippen LogP contribution in [0, 0.1) is 0 Å². The van der Waals surface area contributed by atoms with Gasteiger partial charge in [0.15, 0.2) is 5.54 Å². The lowest BCUT2D eigenvalue weighted by molar-refractivity contribution is -0.150. The van der Waals surface area contributed by atoms with Crippen LogP contribution >= 0.6 is 11.3 Å². The molecule has 0 spiro atoms. The molecule has 0 bridgehead atoms. The van der Waals surface area contributed by atoms with Crippen molar-refractivity contribution in [3.8, 4) is 0 Å². The summed E-state index contributed by atoms with van der Waals surface area (Å²) < 4.78 is 4.96. The first kappa shape index (κ1) is 14.5. The first-order valence-electron chi connectivity index (χ1n) is 6.22. The van der Waals surface area contributed by atoms with Gasteiger partial charge in [0.25, 0.3) is 5.91 Å². The third-order valence-electron chi connectivity index (χ3n) is 2.94. The number of thiophene rings is 1. The minimum absolute atomic E-state index is 0.285. The summed E-state index contributed by atoms with van der Waals surface area (Å²) in [6.07, 6.45) is -0.285. The number of nitrogens with one attached hydrogen (secondary N) is 1. The van der Waals surface area contributed by atoms with Gasteiger partial charge in [0.2, 0.25) is 0 Å². The highest BCUT2D eigenvalue weighted by molar-refractivity contribution is 7.10. The molecule has 3 amide bonds. The lowest BCUT2D eigenvalue weighted by Gasteiger charge is -2.20. The van der Waals surface area contributed by atoms with E-state index in [0.29, 0.717) is 0 Å². The average molecular weight is 296 g/mol. The van der Waals surface area contributed by atoms with Crippen LogP contribution in [0.4, 0.5) is 4.79 Å². The van der Waals surface area contributed by atoms with Crippen molar-refractivity contribution in [3.05, 3.63) is 22.4 Å². The summed E-state index contributed by atoms with van der Waals surface area (Å²) >= 11 is 1.38. The maximum Gasteiger partial charge on any atom is 0.326 e. The van der Waals surface area contributed by atoms with Gasteiger partial charge in [-0.25, -0.2) is 4.79 Å². The van der Waals surface area contributed by atoms with Crippen LogP contribution in [-0.2, 0) is 19.9 Å². The summed E-state index contributed by atoms with van der Waals surface area (Å²) in [5.41, 5.74) is -1.11. The highest BCUT2D eigenvalue weighted by Crippen LogP contribution is 2.31. The molecule has 0 saturated carbocycles. The van der Waals surface area contributed by atoms with Crippen LogP contribution in [0.15, 0.2) is 17.5 Å². The second-order valence-electron chi connectivity index (χ2n) is 4.96. The third kappa shape index (κ3) is 2.53. The lowest BCUT2D eigenvalue weighted by atomic mass is 10.0. The molecule has 1 N–H and O–H groups in total. The van der Waals surface area contributed by atoms with Crippen molar-refractivity contribution in [2.75, 3.05) is 6.54 Å². The molecule has 1 unspecified atom stereocenters. The van der Waals surface area contributed by atoms with E-state index in [9.17, 15) is 14.4 Å². The Balaban J connectivity index is 2.15. The Bertz CT molecular complexity index is 541. The molecule has 1 aromatic heterocycles. The summed E-state index contributed by atoms with van der Waals surface area (Å²) in [5.74, 6) is -1.04. The highest BCUT2D eigenvalue weighted by Gasteiger charge is 2.50. The summed E-state index contributed by atoms with van der Waals surface area (Å²) in [6.45, 7) is 4.68. The molecule has 0 aromatic carbocycles. The molecule has 1 aliphatic rings. The van der Waals surface area contributed by atoms with Gasteiger partial charge in [-0.15, -0.1) is 11.3 Å². The van der Waals surface area contributed by atoms with Crippen LogP contribution < -0.4 is 5.32 Å². The molecule has 1 aromatic rings. The standard InChI is InChI=1S/C13H16N2O4S/c1-8(2)19-10(16)7-15-11(17)13(3,14-12(15)18)9-5-4-6-20-9/h4-6,8H,7H2,1-3H3,(H,14,18). The zero-order valence-electron chi connectivity index (χ0n) is 11.5. The van der Waals surface area contributed by atoms with E-state index < -0.39 is 23.4 Å². The van der Waals surface area contributed by atoms with Crippen LogP contribution in [0.5, 0.6) is 0 Å². The smallest absolute Gasteiger partial charge is 0.326 e. The van der Waals surface area contributed by atoms with Gasteiger partial charge in [0.05, 0.1) is 6.10 Å². The monoisotopic (exact) mass is 296 g/mol. The van der Waals surface area contributed by atoms with Gasteiger partial charge in [-0.05, 0) is 32.2 Å². The molecule has 1 aliphatic heterocycles. The summed E-state index contributed by atoms with van der Waals surface area (Å²) in [7, 11) is 0. The molecule has 0 radical (unpaired) electrons. The molecular weight excluding hydrogens is 280 g/mol. The van der Waals surface area contributed by atoms with Crippen LogP contribution in [0.25, 0.3) is 0 Å². The number of carbonyl (C=O) groups is 3. The van der Waals surface area contributed by atoms with E-state index in [4.69, 9.17) is 4.74 Å². The SMILES string of the molecule is CC(C)OC(=O)CN1C(=O)NC(C)(c2cccs2)C1=O. The highest BCUT2D eigenvalue weighted by atomic mass is 32.1. The van der Waals surface area contributed by atoms with Crippen LogP contribution in [0.2, 0.25) is 0 Å². The lowest BCUT2D eigenvalue weighted by Crippen LogP contribution is -2.41. The predicted octanol–water partition coefficient (Wildman–Crippen LogP) is 1.47. The number of hydrogen-bond donors (Lipinski definition) is 1. The fourth-order valence-electron chi connectivity index (χ4n) is 2.00. The zero-order valence-corrected chi connectivity index (χ0v) is 12.3. The minimum atomic E-state index is -1.11. The van der Waals surface area contributed by atoms with Gasteiger partial charge in [0, 0.05) is 4.88 Å². The molecular formula is C13H16N2O4S. The first-order valence-corrected chi connectivity index (χ1v) is 7.10. The fraction of sp³-hybridized carbons (Fsp3) is 0.462. The van der Waals surface area contributed by atoms with Gasteiger partial charge in [-0.1, -0.05) is 6.07 Å². The number of ether oxygens (including phenoxy) is 1. The van der Waals surface area contributed by atoms with Crippen molar-refractivity contribution in [2.45, 2.75) is 32.4 Å². The predicted molar refractivity (Wildman–Crippen MR) is 73.1 cm³/mol. The van der Waals surface area contributed by atoms with E-state index in [1.165, 1.54) is 11.3 Å². The Hall–Kier alpha value is -1.89. The third-order valence-corrected chi connectivity index (χ3v) is 4.03. The van der Waals surface area contributed by atoms with E-state index >= 15 is 0 Å². The number of nitrogens with zero attached hydrogens (tertiary/aromatic N) is 1. The Morgan fingerprint density at radius 3 is 2.75 bits per heavy atom. The number of amides is 3.